The van der Waals surface area contributed by atoms with Crippen LogP contribution in [0, 0.1) is 5.92 Å². The molecule has 2 aromatic rings. The molecule has 1 saturated heterocycles. The van der Waals surface area contributed by atoms with E-state index in [1.165, 1.54) is 7.11 Å². The highest BCUT2D eigenvalue weighted by molar-refractivity contribution is 6.05. The number of carboxylic acid groups (broad SMARTS) is 1. The number of methoxy groups -OCH3 is 1. The van der Waals surface area contributed by atoms with Gasteiger partial charge in [0.2, 0.25) is 0 Å². The molecule has 2 atom stereocenters. The van der Waals surface area contributed by atoms with Crippen LogP contribution >= 0.6 is 0 Å². The molecule has 1 N–H and O–H groups in total. The normalized spacial score (nSPS) is 18.8. The van der Waals surface area contributed by atoms with E-state index >= 15 is 0 Å². The van der Waals surface area contributed by atoms with Crippen molar-refractivity contribution in [1.29, 1.82) is 0 Å². The molecule has 1 heterocycles. The molecule has 1 aliphatic rings. The molecule has 0 radical (unpaired) electrons. The van der Waals surface area contributed by atoms with Crippen LogP contribution in [0.25, 0.3) is 11.1 Å². The number of likely N-dealkylation sites (tertiary alicyclic amines) is 1. The summed E-state index contributed by atoms with van der Waals surface area (Å²) < 4.78 is 5.52. The average Bonchev–Trinajstić information content (AvgIpc) is 3.16. The first-order valence-electron chi connectivity index (χ1n) is 10.2. The van der Waals surface area contributed by atoms with Gasteiger partial charge >= 0.3 is 5.97 Å². The number of hydrogen-bond acceptors (Lipinski definition) is 3. The zero-order valence-electron chi connectivity index (χ0n) is 17.3. The number of nitrogens with zero attached hydrogens (tertiary/aromatic N) is 1. The second-order valence-corrected chi connectivity index (χ2v) is 8.02. The van der Waals surface area contributed by atoms with Gasteiger partial charge in [-0.3, -0.25) is 4.79 Å². The van der Waals surface area contributed by atoms with Crippen LogP contribution in [0.5, 0.6) is 5.75 Å². The van der Waals surface area contributed by atoms with Crippen LogP contribution in [0.1, 0.15) is 49.9 Å². The molecule has 5 heteroatoms. The minimum Gasteiger partial charge on any atom is -0.496 e. The lowest BCUT2D eigenvalue weighted by molar-refractivity contribution is -0.141. The van der Waals surface area contributed by atoms with Crippen molar-refractivity contribution >= 4 is 11.9 Å². The van der Waals surface area contributed by atoms with Crippen molar-refractivity contribution in [2.75, 3.05) is 7.11 Å². The largest absolute Gasteiger partial charge is 0.496 e. The van der Waals surface area contributed by atoms with E-state index in [-0.39, 0.29) is 11.9 Å². The van der Waals surface area contributed by atoms with Crippen LogP contribution < -0.4 is 4.74 Å². The van der Waals surface area contributed by atoms with Gasteiger partial charge in [-0.15, -0.1) is 0 Å². The van der Waals surface area contributed by atoms with Crippen molar-refractivity contribution in [2.45, 2.75) is 51.6 Å². The molecule has 29 heavy (non-hydrogen) atoms. The van der Waals surface area contributed by atoms with Gasteiger partial charge in [-0.25, -0.2) is 4.79 Å². The highest BCUT2D eigenvalue weighted by Gasteiger charge is 2.42. The van der Waals surface area contributed by atoms with Crippen LogP contribution in [0.2, 0.25) is 0 Å². The summed E-state index contributed by atoms with van der Waals surface area (Å²) in [6.45, 7) is 4.28. The molecule has 0 aliphatic carbocycles. The minimum atomic E-state index is -0.943. The highest BCUT2D eigenvalue weighted by Crippen LogP contribution is 2.36. The summed E-state index contributed by atoms with van der Waals surface area (Å²) in [5, 5.41) is 9.76. The number of amides is 1. The molecule has 2 aromatic carbocycles. The van der Waals surface area contributed by atoms with Crippen LogP contribution in [0.15, 0.2) is 48.5 Å². The Hall–Kier alpha value is -2.82. The standard InChI is InChI=1S/C24H29NO4/c1-16(2)12-13-18-14-15-20(24(27)28)25(18)23(26)22-19(10-7-11-21(22)29-3)17-8-5-4-6-9-17/h4-11,16,18,20H,12-15H2,1-3H3,(H,27,28)/t18-,20-/m0/s1. The van der Waals surface area contributed by atoms with Gasteiger partial charge in [0.05, 0.1) is 12.7 Å². The number of aliphatic carboxylic acids is 1. The Morgan fingerprint density at radius 2 is 1.83 bits per heavy atom. The van der Waals surface area contributed by atoms with Gasteiger partial charge in [0, 0.05) is 6.04 Å². The zero-order chi connectivity index (χ0) is 21.0. The number of benzene rings is 2. The smallest absolute Gasteiger partial charge is 0.326 e. The Bertz CT molecular complexity index is 862. The molecule has 154 valence electrons. The number of rotatable bonds is 7. The van der Waals surface area contributed by atoms with Crippen molar-refractivity contribution in [3.8, 4) is 16.9 Å². The first kappa shape index (κ1) is 20.9. The van der Waals surface area contributed by atoms with Crippen molar-refractivity contribution < 1.29 is 19.4 Å². The summed E-state index contributed by atoms with van der Waals surface area (Å²) in [4.78, 5) is 27.3. The number of ether oxygens (including phenoxy) is 1. The van der Waals surface area contributed by atoms with Gasteiger partial charge in [-0.1, -0.05) is 56.3 Å². The summed E-state index contributed by atoms with van der Waals surface area (Å²) in [5.41, 5.74) is 2.09. The van der Waals surface area contributed by atoms with Gasteiger partial charge in [0.25, 0.3) is 5.91 Å². The average molecular weight is 395 g/mol. The molecule has 0 bridgehead atoms. The SMILES string of the molecule is COc1cccc(-c2ccccc2)c1C(=O)N1[C@@H](CCC(C)C)CC[C@H]1C(=O)O. The fourth-order valence-electron chi connectivity index (χ4n) is 4.15. The maximum Gasteiger partial charge on any atom is 0.326 e. The molecular formula is C24H29NO4. The third-order valence-electron chi connectivity index (χ3n) is 5.64. The van der Waals surface area contributed by atoms with E-state index in [1.807, 2.05) is 42.5 Å². The van der Waals surface area contributed by atoms with Crippen molar-refractivity contribution in [1.82, 2.24) is 4.90 Å². The Morgan fingerprint density at radius 1 is 1.10 bits per heavy atom. The number of carbonyl (C=O) groups is 2. The van der Waals surface area contributed by atoms with E-state index in [4.69, 9.17) is 4.74 Å². The number of carbonyl (C=O) groups excluding carboxylic acids is 1. The summed E-state index contributed by atoms with van der Waals surface area (Å²) in [5.74, 6) is -0.238. The second-order valence-electron chi connectivity index (χ2n) is 8.02. The molecular weight excluding hydrogens is 366 g/mol. The van der Waals surface area contributed by atoms with Crippen molar-refractivity contribution in [2.24, 2.45) is 5.92 Å². The summed E-state index contributed by atoms with van der Waals surface area (Å²) in [6.07, 6.45) is 2.96. The maximum atomic E-state index is 13.8. The Balaban J connectivity index is 2.06. The monoisotopic (exact) mass is 395 g/mol. The van der Waals surface area contributed by atoms with E-state index in [0.717, 1.165) is 24.0 Å². The first-order chi connectivity index (χ1) is 13.9. The lowest BCUT2D eigenvalue weighted by Crippen LogP contribution is -2.45. The zero-order valence-corrected chi connectivity index (χ0v) is 17.3. The van der Waals surface area contributed by atoms with Crippen LogP contribution in [-0.4, -0.2) is 41.1 Å². The molecule has 3 rings (SSSR count). The Labute approximate surface area is 172 Å². The van der Waals surface area contributed by atoms with Gasteiger partial charge < -0.3 is 14.7 Å². The van der Waals surface area contributed by atoms with E-state index in [0.29, 0.717) is 30.1 Å². The molecule has 1 amide bonds. The molecule has 5 nitrogen and oxygen atoms in total. The van der Waals surface area contributed by atoms with E-state index in [9.17, 15) is 14.7 Å². The van der Waals surface area contributed by atoms with E-state index < -0.39 is 12.0 Å². The molecule has 1 aliphatic heterocycles. The third kappa shape index (κ3) is 4.44. The third-order valence-corrected chi connectivity index (χ3v) is 5.64. The minimum absolute atomic E-state index is 0.0699. The summed E-state index contributed by atoms with van der Waals surface area (Å²) in [7, 11) is 1.54. The fourth-order valence-corrected chi connectivity index (χ4v) is 4.15. The van der Waals surface area contributed by atoms with Gasteiger partial charge in [-0.2, -0.15) is 0 Å². The van der Waals surface area contributed by atoms with Crippen LogP contribution in [0.3, 0.4) is 0 Å². The van der Waals surface area contributed by atoms with Gasteiger partial charge in [-0.05, 0) is 48.8 Å². The quantitative estimate of drug-likeness (QED) is 0.727. The predicted octanol–water partition coefficient (Wildman–Crippen LogP) is 4.86. The van der Waals surface area contributed by atoms with Crippen LogP contribution in [-0.2, 0) is 4.79 Å². The van der Waals surface area contributed by atoms with E-state index in [2.05, 4.69) is 13.8 Å². The highest BCUT2D eigenvalue weighted by atomic mass is 16.5. The Kier molecular flexibility index (Phi) is 6.57. The lowest BCUT2D eigenvalue weighted by atomic mass is 9.96. The lowest BCUT2D eigenvalue weighted by Gasteiger charge is -2.30. The van der Waals surface area contributed by atoms with Crippen molar-refractivity contribution in [3.63, 3.8) is 0 Å². The second kappa shape index (κ2) is 9.12. The molecule has 0 unspecified atom stereocenters. The summed E-state index contributed by atoms with van der Waals surface area (Å²) in [6, 6.07) is 14.3. The van der Waals surface area contributed by atoms with Crippen LogP contribution in [0.4, 0.5) is 0 Å². The molecule has 0 spiro atoms. The topological polar surface area (TPSA) is 66.8 Å². The predicted molar refractivity (Wildman–Crippen MR) is 113 cm³/mol. The molecule has 0 aromatic heterocycles. The first-order valence-corrected chi connectivity index (χ1v) is 10.2. The summed E-state index contributed by atoms with van der Waals surface area (Å²) >= 11 is 0. The van der Waals surface area contributed by atoms with Gasteiger partial charge in [0.15, 0.2) is 0 Å². The van der Waals surface area contributed by atoms with Gasteiger partial charge in [0.1, 0.15) is 11.8 Å². The Morgan fingerprint density at radius 3 is 2.45 bits per heavy atom. The van der Waals surface area contributed by atoms with E-state index in [1.54, 1.807) is 11.0 Å². The molecule has 1 fully saturated rings. The number of hydrogen-bond donors (Lipinski definition) is 1. The maximum absolute atomic E-state index is 13.8. The fraction of sp³-hybridized carbons (Fsp3) is 0.417. The number of carboxylic acids is 1. The van der Waals surface area contributed by atoms with Crippen molar-refractivity contribution in [3.05, 3.63) is 54.1 Å². The molecule has 0 saturated carbocycles.